The van der Waals surface area contributed by atoms with Crippen molar-refractivity contribution in [1.82, 2.24) is 0 Å². The van der Waals surface area contributed by atoms with Gasteiger partial charge in [0.1, 0.15) is 0 Å². The average Bonchev–Trinajstić information content (AvgIpc) is 2.43. The summed E-state index contributed by atoms with van der Waals surface area (Å²) >= 11 is 9.32. The zero-order valence-electron chi connectivity index (χ0n) is 10.6. The molecule has 0 heterocycles. The highest BCUT2D eigenvalue weighted by Gasteiger charge is 2.05. The number of rotatable bonds is 2. The molecule has 0 aliphatic heterocycles. The molecule has 0 spiro atoms. The molecular formula is C16H10Br2IN. The van der Waals surface area contributed by atoms with E-state index < -0.39 is 0 Å². The molecule has 4 heteroatoms. The third-order valence-electron chi connectivity index (χ3n) is 2.89. The first kappa shape index (κ1) is 15.7. The number of halogens is 3. The molecule has 0 radical (unpaired) electrons. The molecule has 2 rings (SSSR count). The Labute approximate surface area is 149 Å². The van der Waals surface area contributed by atoms with Crippen LogP contribution in [-0.2, 0) is 0 Å². The molecule has 0 amide bonds. The highest BCUT2D eigenvalue weighted by Crippen LogP contribution is 2.28. The Morgan fingerprint density at radius 3 is 2.20 bits per heavy atom. The second kappa shape index (κ2) is 6.88. The van der Waals surface area contributed by atoms with E-state index in [-0.39, 0.29) is 0 Å². The minimum atomic E-state index is 0.657. The summed E-state index contributed by atoms with van der Waals surface area (Å²) in [6.45, 7) is 2.03. The Morgan fingerprint density at radius 2 is 1.70 bits per heavy atom. The summed E-state index contributed by atoms with van der Waals surface area (Å²) in [5.74, 6) is 0. The summed E-state index contributed by atoms with van der Waals surface area (Å²) in [6, 6.07) is 14.2. The standard InChI is InChI=1S/C16H10Br2IN/c1-10-15(17)7-11(8-16(10)18)6-13(9-20)12-2-4-14(19)5-3-12/h2-8H,1H3/b13-6-. The lowest BCUT2D eigenvalue weighted by atomic mass is 10.0. The van der Waals surface area contributed by atoms with Crippen molar-refractivity contribution in [2.75, 3.05) is 0 Å². The number of hydrogen-bond donors (Lipinski definition) is 0. The van der Waals surface area contributed by atoms with Gasteiger partial charge in [0, 0.05) is 12.5 Å². The van der Waals surface area contributed by atoms with E-state index in [0.717, 1.165) is 29.2 Å². The van der Waals surface area contributed by atoms with E-state index in [2.05, 4.69) is 60.5 Å². The molecule has 0 aliphatic rings. The van der Waals surface area contributed by atoms with Crippen LogP contribution in [0.5, 0.6) is 0 Å². The number of benzene rings is 2. The molecule has 2 aromatic carbocycles. The van der Waals surface area contributed by atoms with Crippen molar-refractivity contribution in [3.8, 4) is 6.07 Å². The molecule has 100 valence electrons. The maximum absolute atomic E-state index is 9.36. The molecule has 0 saturated carbocycles. The Hall–Kier alpha value is -0.640. The van der Waals surface area contributed by atoms with Crippen LogP contribution in [0.4, 0.5) is 0 Å². The van der Waals surface area contributed by atoms with Crippen molar-refractivity contribution in [2.45, 2.75) is 6.92 Å². The maximum atomic E-state index is 9.36. The number of nitrogens with zero attached hydrogens (tertiary/aromatic N) is 1. The van der Waals surface area contributed by atoms with Crippen molar-refractivity contribution >= 4 is 66.1 Å². The van der Waals surface area contributed by atoms with Crippen LogP contribution >= 0.6 is 54.5 Å². The molecule has 0 saturated heterocycles. The highest BCUT2D eigenvalue weighted by atomic mass is 127. The maximum Gasteiger partial charge on any atom is 0.0998 e. The van der Waals surface area contributed by atoms with Crippen molar-refractivity contribution in [1.29, 1.82) is 5.26 Å². The third kappa shape index (κ3) is 3.72. The van der Waals surface area contributed by atoms with Crippen molar-refractivity contribution in [3.05, 3.63) is 65.6 Å². The Bertz CT molecular complexity index is 689. The quantitative estimate of drug-likeness (QED) is 0.273. The predicted octanol–water partition coefficient (Wildman–Crippen LogP) is 6.19. The summed E-state index contributed by atoms with van der Waals surface area (Å²) in [4.78, 5) is 0. The Kier molecular flexibility index (Phi) is 5.42. The van der Waals surface area contributed by atoms with Gasteiger partial charge >= 0.3 is 0 Å². The van der Waals surface area contributed by atoms with E-state index in [4.69, 9.17) is 0 Å². The largest absolute Gasteiger partial charge is 0.192 e. The molecular weight excluding hydrogens is 493 g/mol. The van der Waals surface area contributed by atoms with Crippen LogP contribution in [0.15, 0.2) is 45.3 Å². The van der Waals surface area contributed by atoms with Gasteiger partial charge in [0.2, 0.25) is 0 Å². The SMILES string of the molecule is Cc1c(Br)cc(/C=C(/C#N)c2ccc(I)cc2)cc1Br. The molecule has 0 unspecified atom stereocenters. The summed E-state index contributed by atoms with van der Waals surface area (Å²) in [5.41, 5.74) is 3.73. The predicted molar refractivity (Wildman–Crippen MR) is 99.2 cm³/mol. The van der Waals surface area contributed by atoms with Gasteiger partial charge in [-0.25, -0.2) is 0 Å². The normalized spacial score (nSPS) is 11.2. The molecule has 20 heavy (non-hydrogen) atoms. The topological polar surface area (TPSA) is 23.8 Å². The number of nitriles is 1. The van der Waals surface area contributed by atoms with Crippen molar-refractivity contribution in [2.24, 2.45) is 0 Å². The van der Waals surface area contributed by atoms with Crippen LogP contribution in [0.25, 0.3) is 11.6 Å². The van der Waals surface area contributed by atoms with Gasteiger partial charge in [-0.3, -0.25) is 0 Å². The lowest BCUT2D eigenvalue weighted by Gasteiger charge is -2.05. The van der Waals surface area contributed by atoms with Gasteiger partial charge in [0.05, 0.1) is 11.6 Å². The first-order chi connectivity index (χ1) is 9.51. The zero-order valence-corrected chi connectivity index (χ0v) is 16.0. The summed E-state index contributed by atoms with van der Waals surface area (Å²) < 4.78 is 3.21. The fourth-order valence-corrected chi connectivity index (χ4v) is 3.31. The van der Waals surface area contributed by atoms with Gasteiger partial charge in [-0.1, -0.05) is 44.0 Å². The zero-order chi connectivity index (χ0) is 14.7. The van der Waals surface area contributed by atoms with Crippen LogP contribution in [0.1, 0.15) is 16.7 Å². The summed E-state index contributed by atoms with van der Waals surface area (Å²) in [7, 11) is 0. The van der Waals surface area contributed by atoms with Crippen molar-refractivity contribution in [3.63, 3.8) is 0 Å². The number of allylic oxidation sites excluding steroid dienone is 1. The lowest BCUT2D eigenvalue weighted by molar-refractivity contribution is 1.38. The van der Waals surface area contributed by atoms with Crippen molar-refractivity contribution < 1.29 is 0 Å². The second-order valence-corrected chi connectivity index (χ2v) is 7.24. The van der Waals surface area contributed by atoms with E-state index >= 15 is 0 Å². The molecule has 0 fully saturated rings. The van der Waals surface area contributed by atoms with Gasteiger partial charge in [0.25, 0.3) is 0 Å². The molecule has 0 atom stereocenters. The summed E-state index contributed by atoms with van der Waals surface area (Å²) in [6.07, 6.45) is 1.90. The van der Waals surface area contributed by atoms with Crippen LogP contribution < -0.4 is 0 Å². The fourth-order valence-electron chi connectivity index (χ4n) is 1.72. The monoisotopic (exact) mass is 501 g/mol. The Balaban J connectivity index is 2.47. The first-order valence-corrected chi connectivity index (χ1v) is 8.51. The second-order valence-electron chi connectivity index (χ2n) is 4.29. The minimum Gasteiger partial charge on any atom is -0.192 e. The molecule has 2 aromatic rings. The van der Waals surface area contributed by atoms with Gasteiger partial charge in [-0.15, -0.1) is 0 Å². The van der Waals surface area contributed by atoms with E-state index in [1.54, 1.807) is 0 Å². The van der Waals surface area contributed by atoms with Crippen LogP contribution in [0.3, 0.4) is 0 Å². The fraction of sp³-hybridized carbons (Fsp3) is 0.0625. The molecule has 0 bridgehead atoms. The molecule has 0 aromatic heterocycles. The number of hydrogen-bond acceptors (Lipinski definition) is 1. The van der Waals surface area contributed by atoms with Gasteiger partial charge < -0.3 is 0 Å². The van der Waals surface area contributed by atoms with Gasteiger partial charge in [-0.05, 0) is 76.5 Å². The van der Waals surface area contributed by atoms with E-state index in [0.29, 0.717) is 5.57 Å². The lowest BCUT2D eigenvalue weighted by Crippen LogP contribution is -1.85. The van der Waals surface area contributed by atoms with E-state index in [1.807, 2.05) is 49.4 Å². The van der Waals surface area contributed by atoms with Gasteiger partial charge in [-0.2, -0.15) is 5.26 Å². The average molecular weight is 503 g/mol. The molecule has 1 nitrogen and oxygen atoms in total. The summed E-state index contributed by atoms with van der Waals surface area (Å²) in [5, 5.41) is 9.36. The minimum absolute atomic E-state index is 0.657. The van der Waals surface area contributed by atoms with Crippen LogP contribution in [0, 0.1) is 21.8 Å². The highest BCUT2D eigenvalue weighted by molar-refractivity contribution is 14.1. The molecule has 0 N–H and O–H groups in total. The molecule has 0 aliphatic carbocycles. The first-order valence-electron chi connectivity index (χ1n) is 5.84. The van der Waals surface area contributed by atoms with Crippen LogP contribution in [0.2, 0.25) is 0 Å². The van der Waals surface area contributed by atoms with E-state index in [9.17, 15) is 5.26 Å². The van der Waals surface area contributed by atoms with E-state index in [1.165, 1.54) is 0 Å². The third-order valence-corrected chi connectivity index (χ3v) is 5.26. The smallest absolute Gasteiger partial charge is 0.0998 e. The van der Waals surface area contributed by atoms with Crippen LogP contribution in [-0.4, -0.2) is 0 Å². The van der Waals surface area contributed by atoms with Gasteiger partial charge in [0.15, 0.2) is 0 Å². The Morgan fingerprint density at radius 1 is 1.15 bits per heavy atom.